The Morgan fingerprint density at radius 3 is 2.24 bits per heavy atom. The van der Waals surface area contributed by atoms with Gasteiger partial charge in [-0.1, -0.05) is 12.1 Å². The van der Waals surface area contributed by atoms with E-state index in [4.69, 9.17) is 9.47 Å². The molecular weight excluding hydrogens is 322 g/mol. The summed E-state index contributed by atoms with van der Waals surface area (Å²) in [6.07, 6.45) is 2.04. The summed E-state index contributed by atoms with van der Waals surface area (Å²) in [6.45, 7) is 5.42. The van der Waals surface area contributed by atoms with Crippen LogP contribution in [0.15, 0.2) is 24.3 Å². The zero-order chi connectivity index (χ0) is 18.6. The van der Waals surface area contributed by atoms with Crippen molar-refractivity contribution in [3.63, 3.8) is 0 Å². The molecule has 0 saturated heterocycles. The number of hydrogen-bond acceptors (Lipinski definition) is 5. The highest BCUT2D eigenvalue weighted by molar-refractivity contribution is 5.90. The average molecular weight is 347 g/mol. The maximum atomic E-state index is 12.0. The second kappa shape index (κ2) is 7.68. The Kier molecular flexibility index (Phi) is 5.82. The van der Waals surface area contributed by atoms with Gasteiger partial charge < -0.3 is 14.8 Å². The van der Waals surface area contributed by atoms with Gasteiger partial charge in [-0.15, -0.1) is 0 Å². The van der Waals surface area contributed by atoms with Gasteiger partial charge in [0.2, 0.25) is 5.91 Å². The van der Waals surface area contributed by atoms with E-state index >= 15 is 0 Å². The number of amides is 1. The second-order valence-corrected chi connectivity index (χ2v) is 7.26. The van der Waals surface area contributed by atoms with Gasteiger partial charge in [0, 0.05) is 12.3 Å². The topological polar surface area (TPSA) is 81.7 Å². The maximum absolute atomic E-state index is 12.0. The molecule has 0 aliphatic heterocycles. The van der Waals surface area contributed by atoms with Gasteiger partial charge in [0.25, 0.3) is 0 Å². The lowest BCUT2D eigenvalue weighted by Gasteiger charge is -2.19. The fourth-order valence-electron chi connectivity index (χ4n) is 2.32. The Morgan fingerprint density at radius 2 is 1.76 bits per heavy atom. The average Bonchev–Trinajstić information content (AvgIpc) is 3.37. The molecule has 0 heterocycles. The predicted molar refractivity (Wildman–Crippen MR) is 92.0 cm³/mol. The summed E-state index contributed by atoms with van der Waals surface area (Å²) in [5.41, 5.74) is 0.702. The predicted octanol–water partition coefficient (Wildman–Crippen LogP) is 2.25. The smallest absolute Gasteiger partial charge is 0.338 e. The van der Waals surface area contributed by atoms with Crippen molar-refractivity contribution in [1.29, 1.82) is 0 Å². The summed E-state index contributed by atoms with van der Waals surface area (Å²) in [6, 6.07) is 6.07. The molecule has 0 aromatic heterocycles. The molecule has 1 fully saturated rings. The molecule has 2 rings (SSSR count). The fourth-order valence-corrected chi connectivity index (χ4v) is 2.32. The second-order valence-electron chi connectivity index (χ2n) is 7.26. The van der Waals surface area contributed by atoms with Crippen LogP contribution in [0.2, 0.25) is 0 Å². The number of hydrogen-bond donors (Lipinski definition) is 1. The van der Waals surface area contributed by atoms with Crippen LogP contribution in [0.25, 0.3) is 0 Å². The summed E-state index contributed by atoms with van der Waals surface area (Å²) in [7, 11) is 1.30. The third-order valence-corrected chi connectivity index (χ3v) is 3.78. The van der Waals surface area contributed by atoms with Crippen LogP contribution >= 0.6 is 0 Å². The molecule has 0 radical (unpaired) electrons. The van der Waals surface area contributed by atoms with Crippen LogP contribution in [0.5, 0.6) is 0 Å². The minimum absolute atomic E-state index is 0.0155. The van der Waals surface area contributed by atoms with Crippen molar-refractivity contribution in [2.75, 3.05) is 7.11 Å². The van der Waals surface area contributed by atoms with Gasteiger partial charge >= 0.3 is 11.9 Å². The van der Waals surface area contributed by atoms with E-state index in [-0.39, 0.29) is 11.8 Å². The van der Waals surface area contributed by atoms with Gasteiger partial charge in [-0.05, 0) is 51.3 Å². The molecule has 1 aromatic carbocycles. The van der Waals surface area contributed by atoms with Crippen LogP contribution in [0.4, 0.5) is 0 Å². The summed E-state index contributed by atoms with van der Waals surface area (Å²) in [5, 5.41) is 2.74. The van der Waals surface area contributed by atoms with E-state index in [1.165, 1.54) is 7.11 Å². The molecule has 136 valence electrons. The molecule has 25 heavy (non-hydrogen) atoms. The lowest BCUT2D eigenvalue weighted by Crippen LogP contribution is -2.43. The van der Waals surface area contributed by atoms with Gasteiger partial charge in [0.15, 0.2) is 0 Å². The quantitative estimate of drug-likeness (QED) is 0.798. The highest BCUT2D eigenvalue weighted by Crippen LogP contribution is 2.29. The summed E-state index contributed by atoms with van der Waals surface area (Å²) in [5.74, 6) is -0.974. The molecule has 1 aliphatic carbocycles. The molecule has 0 unspecified atom stereocenters. The van der Waals surface area contributed by atoms with E-state index in [0.717, 1.165) is 18.4 Å². The van der Waals surface area contributed by atoms with Crippen molar-refractivity contribution in [2.24, 2.45) is 5.92 Å². The zero-order valence-corrected chi connectivity index (χ0v) is 15.1. The number of esters is 2. The minimum atomic E-state index is -0.731. The van der Waals surface area contributed by atoms with E-state index in [1.807, 2.05) is 20.8 Å². The molecule has 0 spiro atoms. The number of carbonyl (C=O) groups is 3. The number of ether oxygens (including phenoxy) is 2. The Hall–Kier alpha value is -2.37. The van der Waals surface area contributed by atoms with Crippen LogP contribution in [0.1, 0.15) is 49.5 Å². The third kappa shape index (κ3) is 5.89. The molecule has 6 nitrogen and oxygen atoms in total. The molecule has 1 atom stereocenters. The van der Waals surface area contributed by atoms with Gasteiger partial charge in [0.1, 0.15) is 11.6 Å². The molecule has 1 aromatic rings. The van der Waals surface area contributed by atoms with Crippen LogP contribution < -0.4 is 5.32 Å². The first kappa shape index (κ1) is 19.0. The fraction of sp³-hybridized carbons (Fsp3) is 0.526. The monoisotopic (exact) mass is 347 g/mol. The summed E-state index contributed by atoms with van der Waals surface area (Å²) >= 11 is 0. The highest BCUT2D eigenvalue weighted by Gasteiger charge is 2.33. The lowest BCUT2D eigenvalue weighted by molar-refractivity contribution is -0.145. The number of carbonyl (C=O) groups excluding carboxylic acids is 3. The van der Waals surface area contributed by atoms with Crippen molar-refractivity contribution in [3.8, 4) is 0 Å². The highest BCUT2D eigenvalue weighted by atomic mass is 16.6. The minimum Gasteiger partial charge on any atom is -0.467 e. The van der Waals surface area contributed by atoms with Gasteiger partial charge in [-0.25, -0.2) is 9.59 Å². The molecule has 1 amide bonds. The van der Waals surface area contributed by atoms with Crippen molar-refractivity contribution in [2.45, 2.75) is 51.7 Å². The number of rotatable bonds is 6. The van der Waals surface area contributed by atoms with Crippen molar-refractivity contribution in [1.82, 2.24) is 5.32 Å². The Balaban J connectivity index is 2.02. The Labute approximate surface area is 147 Å². The normalized spacial score (nSPS) is 15.2. The molecule has 1 saturated carbocycles. The van der Waals surface area contributed by atoms with Gasteiger partial charge in [0.05, 0.1) is 12.7 Å². The third-order valence-electron chi connectivity index (χ3n) is 3.78. The molecule has 1 aliphatic rings. The largest absolute Gasteiger partial charge is 0.467 e. The van der Waals surface area contributed by atoms with Crippen LogP contribution in [0.3, 0.4) is 0 Å². The molecule has 0 bridgehead atoms. The molecular formula is C19H25NO5. The lowest BCUT2D eigenvalue weighted by atomic mass is 10.0. The zero-order valence-electron chi connectivity index (χ0n) is 15.1. The SMILES string of the molecule is COC(=O)[C@H](Cc1ccc(C(=O)OC(C)(C)C)cc1)NC(=O)C1CC1. The van der Waals surface area contributed by atoms with Crippen molar-refractivity contribution >= 4 is 17.8 Å². The number of nitrogens with one attached hydrogen (secondary N) is 1. The Bertz CT molecular complexity index is 641. The number of benzene rings is 1. The van der Waals surface area contributed by atoms with Crippen LogP contribution in [-0.2, 0) is 25.5 Å². The van der Waals surface area contributed by atoms with Crippen LogP contribution in [-0.4, -0.2) is 36.6 Å². The number of methoxy groups -OCH3 is 1. The molecule has 1 N–H and O–H groups in total. The van der Waals surface area contributed by atoms with Gasteiger partial charge in [-0.3, -0.25) is 4.79 Å². The first-order chi connectivity index (χ1) is 11.7. The van der Waals surface area contributed by atoms with E-state index < -0.39 is 23.6 Å². The maximum Gasteiger partial charge on any atom is 0.338 e. The van der Waals surface area contributed by atoms with Crippen molar-refractivity contribution in [3.05, 3.63) is 35.4 Å². The first-order valence-corrected chi connectivity index (χ1v) is 8.40. The summed E-state index contributed by atoms with van der Waals surface area (Å²) < 4.78 is 10.1. The standard InChI is InChI=1S/C19H25NO5/c1-19(2,3)25-17(22)14-7-5-12(6-8-14)11-15(18(23)24-4)20-16(21)13-9-10-13/h5-8,13,15H,9-11H2,1-4H3,(H,20,21)/t15-/m0/s1. The van der Waals surface area contributed by atoms with Crippen LogP contribution in [0, 0.1) is 5.92 Å². The van der Waals surface area contributed by atoms with E-state index in [1.54, 1.807) is 24.3 Å². The van der Waals surface area contributed by atoms with E-state index in [2.05, 4.69) is 5.32 Å². The Morgan fingerprint density at radius 1 is 1.16 bits per heavy atom. The summed E-state index contributed by atoms with van der Waals surface area (Å²) in [4.78, 5) is 35.9. The van der Waals surface area contributed by atoms with E-state index in [9.17, 15) is 14.4 Å². The van der Waals surface area contributed by atoms with E-state index in [0.29, 0.717) is 12.0 Å². The van der Waals surface area contributed by atoms with Gasteiger partial charge in [-0.2, -0.15) is 0 Å². The molecule has 6 heteroatoms. The first-order valence-electron chi connectivity index (χ1n) is 8.40. The van der Waals surface area contributed by atoms with Crippen molar-refractivity contribution < 1.29 is 23.9 Å².